The molecule has 6 nitrogen and oxygen atoms in total. The van der Waals surface area contributed by atoms with Crippen molar-refractivity contribution in [2.24, 2.45) is 0 Å². The first-order valence-corrected chi connectivity index (χ1v) is 5.81. The average molecular weight is 288 g/mol. The molecule has 0 fully saturated rings. The van der Waals surface area contributed by atoms with Gasteiger partial charge in [-0.25, -0.2) is 4.79 Å². The lowest BCUT2D eigenvalue weighted by Crippen LogP contribution is -2.19. The summed E-state index contributed by atoms with van der Waals surface area (Å²) in [4.78, 5) is 22.4. The molecule has 19 heavy (non-hydrogen) atoms. The van der Waals surface area contributed by atoms with E-state index in [4.69, 9.17) is 26.2 Å². The first-order valence-electron chi connectivity index (χ1n) is 5.44. The molecule has 0 heterocycles. The molecular weight excluding hydrogens is 274 g/mol. The zero-order chi connectivity index (χ0) is 14.3. The molecule has 0 saturated carbocycles. The summed E-state index contributed by atoms with van der Waals surface area (Å²) < 4.78 is 9.79. The van der Waals surface area contributed by atoms with E-state index in [1.54, 1.807) is 0 Å². The minimum Gasteiger partial charge on any atom is -0.478 e. The molecule has 1 aromatic rings. The summed E-state index contributed by atoms with van der Waals surface area (Å²) >= 11 is 5.71. The van der Waals surface area contributed by atoms with Crippen LogP contribution in [0, 0.1) is 0 Å². The highest BCUT2D eigenvalue weighted by molar-refractivity contribution is 6.33. The Morgan fingerprint density at radius 1 is 1.37 bits per heavy atom. The van der Waals surface area contributed by atoms with Crippen LogP contribution in [-0.2, 0) is 14.3 Å². The van der Waals surface area contributed by atoms with Gasteiger partial charge in [0.2, 0.25) is 5.91 Å². The summed E-state index contributed by atoms with van der Waals surface area (Å²) in [6.45, 7) is 0.580. The number of carboxylic acid groups (broad SMARTS) is 1. The first kappa shape index (κ1) is 15.4. The van der Waals surface area contributed by atoms with Gasteiger partial charge in [0.25, 0.3) is 0 Å². The van der Waals surface area contributed by atoms with E-state index < -0.39 is 5.97 Å². The van der Waals surface area contributed by atoms with E-state index in [1.807, 2.05) is 0 Å². The molecule has 1 amide bonds. The fourth-order valence-corrected chi connectivity index (χ4v) is 1.47. The zero-order valence-electron chi connectivity index (χ0n) is 10.3. The molecule has 104 valence electrons. The molecule has 2 N–H and O–H groups in total. The molecule has 7 heteroatoms. The van der Waals surface area contributed by atoms with Crippen molar-refractivity contribution in [1.29, 1.82) is 0 Å². The van der Waals surface area contributed by atoms with Crippen molar-refractivity contribution in [3.63, 3.8) is 0 Å². The number of nitrogens with one attached hydrogen (secondary N) is 1. The Morgan fingerprint density at radius 2 is 2.11 bits per heavy atom. The maximum atomic E-state index is 11.5. The second-order valence-electron chi connectivity index (χ2n) is 3.59. The van der Waals surface area contributed by atoms with E-state index in [2.05, 4.69) is 5.32 Å². The van der Waals surface area contributed by atoms with Crippen LogP contribution in [0.5, 0.6) is 0 Å². The molecule has 0 aromatic heterocycles. The Hall–Kier alpha value is -1.63. The molecule has 0 spiro atoms. The number of carboxylic acids is 1. The predicted octanol–water partition coefficient (Wildman–Crippen LogP) is 1.64. The lowest BCUT2D eigenvalue weighted by molar-refractivity contribution is -0.121. The highest BCUT2D eigenvalue weighted by Gasteiger charge is 2.10. The van der Waals surface area contributed by atoms with Gasteiger partial charge in [0.1, 0.15) is 6.61 Å². The maximum absolute atomic E-state index is 11.5. The topological polar surface area (TPSA) is 84.9 Å². The van der Waals surface area contributed by atoms with Crippen molar-refractivity contribution >= 4 is 29.2 Å². The lowest BCUT2D eigenvalue weighted by atomic mass is 10.2. The van der Waals surface area contributed by atoms with Gasteiger partial charge in [-0.1, -0.05) is 11.6 Å². The van der Waals surface area contributed by atoms with Gasteiger partial charge in [-0.3, -0.25) is 4.79 Å². The Kier molecular flexibility index (Phi) is 6.27. The second-order valence-corrected chi connectivity index (χ2v) is 4.00. The molecule has 0 aliphatic rings. The number of ether oxygens (including phenoxy) is 2. The predicted molar refractivity (Wildman–Crippen MR) is 69.7 cm³/mol. The number of hydrogen-bond donors (Lipinski definition) is 2. The third-order valence-electron chi connectivity index (χ3n) is 2.15. The highest BCUT2D eigenvalue weighted by atomic mass is 35.5. The van der Waals surface area contributed by atoms with Crippen LogP contribution in [0.2, 0.25) is 5.02 Å². The number of anilines is 1. The Balaban J connectivity index is 2.55. The number of carbonyl (C=O) groups excluding carboxylic acids is 1. The maximum Gasteiger partial charge on any atom is 0.337 e. The molecule has 0 aliphatic heterocycles. The number of carbonyl (C=O) groups is 2. The van der Waals surface area contributed by atoms with Gasteiger partial charge in [-0.05, 0) is 18.2 Å². The van der Waals surface area contributed by atoms with Gasteiger partial charge in [0.05, 0.1) is 23.8 Å². The summed E-state index contributed by atoms with van der Waals surface area (Å²) in [7, 11) is 1.53. The van der Waals surface area contributed by atoms with Crippen LogP contribution in [0.25, 0.3) is 0 Å². The van der Waals surface area contributed by atoms with Gasteiger partial charge in [0, 0.05) is 12.8 Å². The van der Waals surface area contributed by atoms with Gasteiger partial charge in [-0.2, -0.15) is 0 Å². The Labute approximate surface area is 115 Å². The molecular formula is C12H14ClNO5. The van der Waals surface area contributed by atoms with Crippen LogP contribution >= 0.6 is 11.6 Å². The van der Waals surface area contributed by atoms with Crippen molar-refractivity contribution in [3.05, 3.63) is 28.8 Å². The van der Waals surface area contributed by atoms with Gasteiger partial charge >= 0.3 is 5.97 Å². The van der Waals surface area contributed by atoms with E-state index in [9.17, 15) is 9.59 Å². The number of amides is 1. The van der Waals surface area contributed by atoms with Crippen LogP contribution in [0.4, 0.5) is 5.69 Å². The molecule has 0 aliphatic carbocycles. The Bertz CT molecular complexity index is 463. The third kappa shape index (κ3) is 5.25. The lowest BCUT2D eigenvalue weighted by Gasteiger charge is -2.07. The first-order chi connectivity index (χ1) is 9.04. The smallest absolute Gasteiger partial charge is 0.337 e. The normalized spacial score (nSPS) is 10.2. The van der Waals surface area contributed by atoms with E-state index >= 15 is 0 Å². The molecule has 0 atom stereocenters. The monoisotopic (exact) mass is 287 g/mol. The molecule has 1 aromatic carbocycles. The molecule has 1 rings (SSSR count). The standard InChI is InChI=1S/C12H14ClNO5/c1-18-4-5-19-7-11(15)14-8-2-3-10(13)9(6-8)12(16)17/h2-3,6H,4-5,7H2,1H3,(H,14,15)(H,16,17). The highest BCUT2D eigenvalue weighted by Crippen LogP contribution is 2.20. The third-order valence-corrected chi connectivity index (χ3v) is 2.48. The van der Waals surface area contributed by atoms with Crippen LogP contribution in [0.3, 0.4) is 0 Å². The van der Waals surface area contributed by atoms with E-state index in [0.29, 0.717) is 18.9 Å². The van der Waals surface area contributed by atoms with Crippen LogP contribution in [-0.4, -0.2) is 43.9 Å². The van der Waals surface area contributed by atoms with Crippen molar-refractivity contribution in [2.75, 3.05) is 32.2 Å². The van der Waals surface area contributed by atoms with Crippen molar-refractivity contribution in [3.8, 4) is 0 Å². The molecule has 0 unspecified atom stereocenters. The van der Waals surface area contributed by atoms with E-state index in [1.165, 1.54) is 25.3 Å². The fraction of sp³-hybridized carbons (Fsp3) is 0.333. The van der Waals surface area contributed by atoms with Crippen molar-refractivity contribution < 1.29 is 24.2 Å². The van der Waals surface area contributed by atoms with Crippen molar-refractivity contribution in [1.82, 2.24) is 0 Å². The zero-order valence-corrected chi connectivity index (χ0v) is 11.1. The van der Waals surface area contributed by atoms with Gasteiger partial charge in [-0.15, -0.1) is 0 Å². The number of aromatic carboxylic acids is 1. The summed E-state index contributed by atoms with van der Waals surface area (Å²) in [5, 5.41) is 11.5. The molecule has 0 radical (unpaired) electrons. The van der Waals surface area contributed by atoms with Crippen molar-refractivity contribution in [2.45, 2.75) is 0 Å². The fourth-order valence-electron chi connectivity index (χ4n) is 1.27. The number of methoxy groups -OCH3 is 1. The second kappa shape index (κ2) is 7.73. The number of rotatable bonds is 7. The minimum absolute atomic E-state index is 0.0697. The van der Waals surface area contributed by atoms with Gasteiger partial charge in [0.15, 0.2) is 0 Å². The Morgan fingerprint density at radius 3 is 2.74 bits per heavy atom. The van der Waals surface area contributed by atoms with Crippen LogP contribution in [0.1, 0.15) is 10.4 Å². The number of benzene rings is 1. The summed E-state index contributed by atoms with van der Waals surface area (Å²) in [5.41, 5.74) is 0.280. The van der Waals surface area contributed by atoms with E-state index in [0.717, 1.165) is 0 Å². The quantitative estimate of drug-likeness (QED) is 0.745. The summed E-state index contributed by atoms with van der Waals surface area (Å²) in [6, 6.07) is 4.21. The number of halogens is 1. The molecule has 0 bridgehead atoms. The molecule has 0 saturated heterocycles. The minimum atomic E-state index is -1.16. The van der Waals surface area contributed by atoms with Crippen LogP contribution < -0.4 is 5.32 Å². The average Bonchev–Trinajstić information content (AvgIpc) is 2.36. The largest absolute Gasteiger partial charge is 0.478 e. The van der Waals surface area contributed by atoms with Gasteiger partial charge < -0.3 is 19.9 Å². The summed E-state index contributed by atoms with van der Waals surface area (Å²) in [5.74, 6) is -1.53. The summed E-state index contributed by atoms with van der Waals surface area (Å²) in [6.07, 6.45) is 0. The van der Waals surface area contributed by atoms with Crippen LogP contribution in [0.15, 0.2) is 18.2 Å². The van der Waals surface area contributed by atoms with E-state index in [-0.39, 0.29) is 23.1 Å². The SMILES string of the molecule is COCCOCC(=O)Nc1ccc(Cl)c(C(=O)O)c1. The number of hydrogen-bond acceptors (Lipinski definition) is 4.